The third kappa shape index (κ3) is 3.57. The fourth-order valence-electron chi connectivity index (χ4n) is 4.41. The van der Waals surface area contributed by atoms with Crippen LogP contribution in [0.2, 0.25) is 0 Å². The summed E-state index contributed by atoms with van der Waals surface area (Å²) in [5, 5.41) is 8.01. The lowest BCUT2D eigenvalue weighted by Crippen LogP contribution is -2.28. The van der Waals surface area contributed by atoms with Gasteiger partial charge >= 0.3 is 6.18 Å². The highest BCUT2D eigenvalue weighted by atomic mass is 19.4. The Bertz CT molecular complexity index is 1330. The van der Waals surface area contributed by atoms with Crippen molar-refractivity contribution < 1.29 is 17.9 Å². The van der Waals surface area contributed by atoms with Crippen LogP contribution in [0.15, 0.2) is 55.0 Å². The minimum Gasteiger partial charge on any atom is -0.490 e. The van der Waals surface area contributed by atoms with E-state index >= 15 is 0 Å². The maximum absolute atomic E-state index is 14.2. The molecule has 4 aromatic rings. The minimum atomic E-state index is -4.58. The van der Waals surface area contributed by atoms with E-state index in [2.05, 4.69) is 15.2 Å². The third-order valence-corrected chi connectivity index (χ3v) is 6.19. The van der Waals surface area contributed by atoms with Crippen molar-refractivity contribution in [1.82, 2.24) is 19.6 Å². The zero-order valence-electron chi connectivity index (χ0n) is 17.6. The third-order valence-electron chi connectivity index (χ3n) is 6.19. The molecule has 0 saturated heterocycles. The molecule has 168 valence electrons. The van der Waals surface area contributed by atoms with E-state index in [0.717, 1.165) is 24.2 Å². The highest BCUT2D eigenvalue weighted by Gasteiger charge is 2.38. The maximum atomic E-state index is 14.2. The molecule has 1 aliphatic carbocycles. The number of rotatable bonds is 4. The minimum absolute atomic E-state index is 0.0604. The topological polar surface area (TPSA) is 55.5 Å². The molecule has 6 nitrogen and oxygen atoms in total. The molecule has 1 aliphatic heterocycles. The second kappa shape index (κ2) is 7.47. The van der Waals surface area contributed by atoms with E-state index in [9.17, 15) is 13.2 Å². The first kappa shape index (κ1) is 20.0. The van der Waals surface area contributed by atoms with Crippen molar-refractivity contribution in [1.29, 1.82) is 0 Å². The molecule has 2 aliphatic rings. The summed E-state index contributed by atoms with van der Waals surface area (Å²) in [5.41, 5.74) is 1.24. The van der Waals surface area contributed by atoms with Gasteiger partial charge in [0.05, 0.1) is 24.1 Å². The predicted molar refractivity (Wildman–Crippen MR) is 117 cm³/mol. The highest BCUT2D eigenvalue weighted by Crippen LogP contribution is 2.44. The standard InChI is InChI=1S/C24H20F3N5O/c25-24(26,27)22-18(7-9-32-21(12-15-3-4-15)29-30-23(22)32)16-5-6-19-20(13-16)33-11-10-31(19)17-2-1-8-28-14-17/h1-2,5-9,13-15H,3-4,10-12H2. The van der Waals surface area contributed by atoms with Crippen molar-refractivity contribution in [2.45, 2.75) is 25.4 Å². The maximum Gasteiger partial charge on any atom is 0.420 e. The lowest BCUT2D eigenvalue weighted by atomic mass is 9.99. The molecule has 33 heavy (non-hydrogen) atoms. The van der Waals surface area contributed by atoms with Crippen molar-refractivity contribution in [3.8, 4) is 16.9 Å². The van der Waals surface area contributed by atoms with Crippen molar-refractivity contribution >= 4 is 17.0 Å². The van der Waals surface area contributed by atoms with E-state index < -0.39 is 11.7 Å². The van der Waals surface area contributed by atoms with Gasteiger partial charge in [-0.15, -0.1) is 10.2 Å². The van der Waals surface area contributed by atoms with Gasteiger partial charge in [0.15, 0.2) is 5.65 Å². The van der Waals surface area contributed by atoms with Gasteiger partial charge in [-0.2, -0.15) is 13.2 Å². The summed E-state index contributed by atoms with van der Waals surface area (Å²) in [6.07, 6.45) is 3.33. The van der Waals surface area contributed by atoms with Crippen LogP contribution in [-0.2, 0) is 12.6 Å². The first-order chi connectivity index (χ1) is 16.0. The number of alkyl halides is 3. The van der Waals surface area contributed by atoms with Crippen LogP contribution in [0, 0.1) is 5.92 Å². The Labute approximate surface area is 187 Å². The van der Waals surface area contributed by atoms with Gasteiger partial charge in [0.2, 0.25) is 0 Å². The molecule has 0 bridgehead atoms. The number of nitrogens with zero attached hydrogens (tertiary/aromatic N) is 5. The van der Waals surface area contributed by atoms with Crippen molar-refractivity contribution in [3.05, 3.63) is 66.4 Å². The van der Waals surface area contributed by atoms with Gasteiger partial charge in [0.25, 0.3) is 0 Å². The fourth-order valence-corrected chi connectivity index (χ4v) is 4.41. The van der Waals surface area contributed by atoms with Gasteiger partial charge < -0.3 is 9.64 Å². The molecular formula is C24H20F3N5O. The molecule has 9 heteroatoms. The van der Waals surface area contributed by atoms with Crippen molar-refractivity contribution in [2.24, 2.45) is 5.92 Å². The van der Waals surface area contributed by atoms with Crippen LogP contribution < -0.4 is 9.64 Å². The molecule has 0 N–H and O–H groups in total. The van der Waals surface area contributed by atoms with Gasteiger partial charge in [-0.3, -0.25) is 9.38 Å². The Balaban J connectivity index is 1.45. The summed E-state index contributed by atoms with van der Waals surface area (Å²) in [6.45, 7) is 1.05. The summed E-state index contributed by atoms with van der Waals surface area (Å²) in [6, 6.07) is 10.4. The van der Waals surface area contributed by atoms with Crippen LogP contribution in [0.4, 0.5) is 24.5 Å². The van der Waals surface area contributed by atoms with E-state index in [0.29, 0.717) is 42.6 Å². The fraction of sp³-hybridized carbons (Fsp3) is 0.292. The number of halogens is 3. The van der Waals surface area contributed by atoms with Crippen LogP contribution in [0.5, 0.6) is 5.75 Å². The zero-order chi connectivity index (χ0) is 22.6. The number of hydrogen-bond acceptors (Lipinski definition) is 5. The molecule has 1 fully saturated rings. The van der Waals surface area contributed by atoms with E-state index in [4.69, 9.17) is 4.74 Å². The highest BCUT2D eigenvalue weighted by molar-refractivity contribution is 5.80. The average molecular weight is 451 g/mol. The quantitative estimate of drug-likeness (QED) is 0.422. The lowest BCUT2D eigenvalue weighted by Gasteiger charge is -2.31. The molecule has 0 unspecified atom stereocenters. The van der Waals surface area contributed by atoms with E-state index in [1.165, 1.54) is 10.5 Å². The first-order valence-corrected chi connectivity index (χ1v) is 10.9. The van der Waals surface area contributed by atoms with Crippen LogP contribution >= 0.6 is 0 Å². The Morgan fingerprint density at radius 3 is 2.73 bits per heavy atom. The number of pyridine rings is 2. The average Bonchev–Trinajstić information content (AvgIpc) is 3.55. The van der Waals surface area contributed by atoms with Crippen molar-refractivity contribution in [2.75, 3.05) is 18.1 Å². The van der Waals surface area contributed by atoms with Gasteiger partial charge in [-0.25, -0.2) is 0 Å². The summed E-state index contributed by atoms with van der Waals surface area (Å²) < 4.78 is 50.0. The zero-order valence-corrected chi connectivity index (χ0v) is 17.6. The number of ether oxygens (including phenoxy) is 1. The van der Waals surface area contributed by atoms with Crippen LogP contribution in [0.3, 0.4) is 0 Å². The van der Waals surface area contributed by atoms with Crippen LogP contribution in [0.25, 0.3) is 16.8 Å². The van der Waals surface area contributed by atoms with Gasteiger partial charge in [0, 0.05) is 18.8 Å². The molecule has 1 aromatic carbocycles. The number of fused-ring (bicyclic) bond motifs is 2. The summed E-state index contributed by atoms with van der Waals surface area (Å²) in [7, 11) is 0. The van der Waals surface area contributed by atoms with Crippen molar-refractivity contribution in [3.63, 3.8) is 0 Å². The van der Waals surface area contributed by atoms with Crippen LogP contribution in [0.1, 0.15) is 24.2 Å². The molecule has 0 spiro atoms. The summed E-state index contributed by atoms with van der Waals surface area (Å²) in [4.78, 5) is 6.21. The predicted octanol–water partition coefficient (Wildman–Crippen LogP) is 5.29. The molecular weight excluding hydrogens is 431 g/mol. The SMILES string of the molecule is FC(F)(F)c1c(-c2ccc3c(c2)OCCN3c2cccnc2)ccn2c(CC3CC3)nnc12. The van der Waals surface area contributed by atoms with Crippen LogP contribution in [-0.4, -0.2) is 32.7 Å². The molecule has 0 radical (unpaired) electrons. The lowest BCUT2D eigenvalue weighted by molar-refractivity contribution is -0.136. The monoisotopic (exact) mass is 451 g/mol. The van der Waals surface area contributed by atoms with E-state index in [1.54, 1.807) is 36.8 Å². The Kier molecular flexibility index (Phi) is 4.53. The molecule has 0 atom stereocenters. The number of aromatic nitrogens is 4. The van der Waals surface area contributed by atoms with E-state index in [-0.39, 0.29) is 11.2 Å². The second-order valence-corrected chi connectivity index (χ2v) is 8.45. The Morgan fingerprint density at radius 2 is 1.97 bits per heavy atom. The number of hydrogen-bond donors (Lipinski definition) is 0. The molecule has 4 heterocycles. The molecule has 1 saturated carbocycles. The summed E-state index contributed by atoms with van der Waals surface area (Å²) >= 11 is 0. The Morgan fingerprint density at radius 1 is 1.09 bits per heavy atom. The van der Waals surface area contributed by atoms with Gasteiger partial charge in [-0.1, -0.05) is 6.07 Å². The molecule has 6 rings (SSSR count). The second-order valence-electron chi connectivity index (χ2n) is 8.45. The number of benzene rings is 1. The molecule has 3 aromatic heterocycles. The molecule has 0 amide bonds. The Hall–Kier alpha value is -3.62. The first-order valence-electron chi connectivity index (χ1n) is 10.9. The number of anilines is 2. The normalized spacial score (nSPS) is 16.0. The van der Waals surface area contributed by atoms with E-state index in [1.807, 2.05) is 17.0 Å². The summed E-state index contributed by atoms with van der Waals surface area (Å²) in [5.74, 6) is 1.60. The smallest absolute Gasteiger partial charge is 0.420 e. The van der Waals surface area contributed by atoms with Gasteiger partial charge in [-0.05, 0) is 60.2 Å². The largest absolute Gasteiger partial charge is 0.490 e. The van der Waals surface area contributed by atoms with Gasteiger partial charge in [0.1, 0.15) is 23.7 Å².